The van der Waals surface area contributed by atoms with Gasteiger partial charge in [-0.2, -0.15) is 5.26 Å². The van der Waals surface area contributed by atoms with Gasteiger partial charge in [-0.05, 0) is 36.4 Å². The molecule has 1 unspecified atom stereocenters. The highest BCUT2D eigenvalue weighted by Gasteiger charge is 2.22. The maximum atomic E-state index is 12.6. The molecule has 1 atom stereocenters. The van der Waals surface area contributed by atoms with Crippen molar-refractivity contribution in [2.24, 2.45) is 0 Å². The first-order valence-electron chi connectivity index (χ1n) is 7.25. The minimum atomic E-state index is -1.15. The summed E-state index contributed by atoms with van der Waals surface area (Å²) in [5.41, 5.74) is 1.81. The number of benzene rings is 2. The van der Waals surface area contributed by atoms with E-state index in [0.717, 1.165) is 31.1 Å². The molecule has 3 rings (SSSR count). The van der Waals surface area contributed by atoms with Crippen molar-refractivity contribution in [2.45, 2.75) is 4.90 Å². The van der Waals surface area contributed by atoms with Gasteiger partial charge >= 0.3 is 0 Å². The second-order valence-electron chi connectivity index (χ2n) is 5.14. The molecule has 0 radical (unpaired) electrons. The van der Waals surface area contributed by atoms with E-state index in [4.69, 9.17) is 5.26 Å². The lowest BCUT2D eigenvalue weighted by Gasteiger charge is -2.35. The van der Waals surface area contributed by atoms with Gasteiger partial charge in [0.05, 0.1) is 16.5 Å². The average molecular weight is 311 g/mol. The molecule has 22 heavy (non-hydrogen) atoms. The first-order chi connectivity index (χ1) is 10.8. The van der Waals surface area contributed by atoms with Gasteiger partial charge in [0.25, 0.3) is 0 Å². The minimum Gasteiger partial charge on any atom is -0.369 e. The molecule has 0 spiro atoms. The highest BCUT2D eigenvalue weighted by molar-refractivity contribution is 7.82. The molecule has 0 bridgehead atoms. The highest BCUT2D eigenvalue weighted by Crippen LogP contribution is 2.18. The number of hydrogen-bond acceptors (Lipinski definition) is 3. The van der Waals surface area contributed by atoms with E-state index in [0.29, 0.717) is 5.56 Å². The summed E-state index contributed by atoms with van der Waals surface area (Å²) >= 11 is 0. The van der Waals surface area contributed by atoms with Crippen molar-refractivity contribution >= 4 is 16.7 Å². The van der Waals surface area contributed by atoms with E-state index in [9.17, 15) is 4.21 Å². The number of nitrogens with zero attached hydrogens (tertiary/aromatic N) is 3. The van der Waals surface area contributed by atoms with Gasteiger partial charge in [0.1, 0.15) is 11.0 Å². The van der Waals surface area contributed by atoms with Gasteiger partial charge < -0.3 is 4.90 Å². The Kier molecular flexibility index (Phi) is 4.52. The van der Waals surface area contributed by atoms with Gasteiger partial charge in [0.15, 0.2) is 0 Å². The maximum Gasteiger partial charge on any atom is 0.127 e. The summed E-state index contributed by atoms with van der Waals surface area (Å²) in [4.78, 5) is 3.07. The third-order valence-electron chi connectivity index (χ3n) is 3.78. The van der Waals surface area contributed by atoms with Crippen LogP contribution in [0, 0.1) is 11.3 Å². The summed E-state index contributed by atoms with van der Waals surface area (Å²) in [6.07, 6.45) is 0. The topological polar surface area (TPSA) is 47.3 Å². The molecule has 4 nitrogen and oxygen atoms in total. The van der Waals surface area contributed by atoms with Crippen LogP contribution in [0.15, 0.2) is 59.5 Å². The zero-order chi connectivity index (χ0) is 15.4. The van der Waals surface area contributed by atoms with E-state index in [1.807, 2.05) is 22.5 Å². The van der Waals surface area contributed by atoms with Crippen molar-refractivity contribution in [1.82, 2.24) is 4.31 Å². The van der Waals surface area contributed by atoms with Crippen LogP contribution in [-0.2, 0) is 11.0 Å². The molecule has 0 saturated carbocycles. The predicted molar refractivity (Wildman–Crippen MR) is 87.8 cm³/mol. The number of anilines is 1. The van der Waals surface area contributed by atoms with E-state index in [1.165, 1.54) is 5.69 Å². The summed E-state index contributed by atoms with van der Waals surface area (Å²) < 4.78 is 14.6. The van der Waals surface area contributed by atoms with Crippen molar-refractivity contribution in [3.8, 4) is 6.07 Å². The lowest BCUT2D eigenvalue weighted by atomic mass is 10.2. The van der Waals surface area contributed by atoms with Gasteiger partial charge in [-0.15, -0.1) is 0 Å². The fourth-order valence-corrected chi connectivity index (χ4v) is 3.71. The SMILES string of the molecule is N#Cc1ccc(S(=O)N2CCN(c3ccccc3)CC2)cc1. The van der Waals surface area contributed by atoms with Crippen molar-refractivity contribution in [3.63, 3.8) is 0 Å². The Morgan fingerprint density at radius 2 is 1.55 bits per heavy atom. The normalized spacial score (nSPS) is 17.0. The molecule has 112 valence electrons. The number of rotatable bonds is 3. The molecule has 5 heteroatoms. The zero-order valence-electron chi connectivity index (χ0n) is 12.2. The zero-order valence-corrected chi connectivity index (χ0v) is 13.0. The smallest absolute Gasteiger partial charge is 0.127 e. The van der Waals surface area contributed by atoms with Gasteiger partial charge in [-0.3, -0.25) is 0 Å². The molecule has 2 aromatic rings. The standard InChI is InChI=1S/C17H17N3OS/c18-14-15-6-8-17(9-7-15)22(21)20-12-10-19(11-13-20)16-4-2-1-3-5-16/h1-9H,10-13H2. The van der Waals surface area contributed by atoms with Crippen molar-refractivity contribution in [1.29, 1.82) is 5.26 Å². The Hall–Kier alpha value is -2.16. The van der Waals surface area contributed by atoms with Crippen molar-refractivity contribution < 1.29 is 4.21 Å². The quantitative estimate of drug-likeness (QED) is 0.874. The molecule has 0 aromatic heterocycles. The molecule has 1 aliphatic heterocycles. The molecular weight excluding hydrogens is 294 g/mol. The van der Waals surface area contributed by atoms with Gasteiger partial charge in [0.2, 0.25) is 0 Å². The Balaban J connectivity index is 1.63. The van der Waals surface area contributed by atoms with Gasteiger partial charge in [-0.25, -0.2) is 8.51 Å². The largest absolute Gasteiger partial charge is 0.369 e. The van der Waals surface area contributed by atoms with Crippen LogP contribution in [0.2, 0.25) is 0 Å². The molecule has 0 amide bonds. The van der Waals surface area contributed by atoms with Crippen LogP contribution in [0.1, 0.15) is 5.56 Å². The Morgan fingerprint density at radius 1 is 0.909 bits per heavy atom. The fraction of sp³-hybridized carbons (Fsp3) is 0.235. The summed E-state index contributed by atoms with van der Waals surface area (Å²) in [5.74, 6) is 0. The lowest BCUT2D eigenvalue weighted by molar-refractivity contribution is 0.410. The van der Waals surface area contributed by atoms with Crippen LogP contribution in [0.4, 0.5) is 5.69 Å². The predicted octanol–water partition coefficient (Wildman–Crippen LogP) is 2.40. The Labute approximate surface area is 133 Å². The van der Waals surface area contributed by atoms with Gasteiger partial charge in [0, 0.05) is 31.9 Å². The van der Waals surface area contributed by atoms with Crippen LogP contribution in [-0.4, -0.2) is 34.7 Å². The lowest BCUT2D eigenvalue weighted by Crippen LogP contribution is -2.46. The van der Waals surface area contributed by atoms with E-state index in [2.05, 4.69) is 23.1 Å². The second-order valence-corrected chi connectivity index (χ2v) is 6.62. The highest BCUT2D eigenvalue weighted by atomic mass is 32.2. The van der Waals surface area contributed by atoms with Crippen molar-refractivity contribution in [2.75, 3.05) is 31.1 Å². The monoisotopic (exact) mass is 311 g/mol. The minimum absolute atomic E-state index is 0.592. The summed E-state index contributed by atoms with van der Waals surface area (Å²) in [6.45, 7) is 3.26. The third-order valence-corrected chi connectivity index (χ3v) is 5.29. The average Bonchev–Trinajstić information content (AvgIpc) is 2.62. The first-order valence-corrected chi connectivity index (χ1v) is 8.35. The van der Waals surface area contributed by atoms with E-state index in [-0.39, 0.29) is 0 Å². The number of para-hydroxylation sites is 1. The molecule has 1 heterocycles. The first kappa shape index (κ1) is 14.8. The van der Waals surface area contributed by atoms with Crippen LogP contribution in [0.5, 0.6) is 0 Å². The van der Waals surface area contributed by atoms with Gasteiger partial charge in [-0.1, -0.05) is 18.2 Å². The maximum absolute atomic E-state index is 12.6. The second kappa shape index (κ2) is 6.73. The summed E-state index contributed by atoms with van der Waals surface area (Å²) in [5, 5.41) is 8.81. The molecule has 2 aromatic carbocycles. The molecule has 1 aliphatic rings. The molecule has 0 aliphatic carbocycles. The van der Waals surface area contributed by atoms with Crippen LogP contribution in [0.3, 0.4) is 0 Å². The molecule has 0 N–H and O–H groups in total. The molecule has 1 saturated heterocycles. The van der Waals surface area contributed by atoms with E-state index in [1.54, 1.807) is 24.3 Å². The fourth-order valence-electron chi connectivity index (χ4n) is 2.55. The Bertz CT molecular complexity index is 686. The molecule has 1 fully saturated rings. The van der Waals surface area contributed by atoms with Crippen molar-refractivity contribution in [3.05, 3.63) is 60.2 Å². The third kappa shape index (κ3) is 3.19. The van der Waals surface area contributed by atoms with E-state index >= 15 is 0 Å². The molecular formula is C17H17N3OS. The van der Waals surface area contributed by atoms with Crippen LogP contribution in [0.25, 0.3) is 0 Å². The number of nitriles is 1. The summed E-state index contributed by atoms with van der Waals surface area (Å²) in [7, 11) is -1.15. The van der Waals surface area contributed by atoms with Crippen LogP contribution >= 0.6 is 0 Å². The van der Waals surface area contributed by atoms with Crippen LogP contribution < -0.4 is 4.90 Å². The number of hydrogen-bond donors (Lipinski definition) is 0. The van der Waals surface area contributed by atoms with E-state index < -0.39 is 11.0 Å². The summed E-state index contributed by atoms with van der Waals surface area (Å²) in [6, 6.07) is 19.4. The number of piperazine rings is 1. The Morgan fingerprint density at radius 3 is 2.14 bits per heavy atom.